The molecule has 0 fully saturated rings. The maximum absolute atomic E-state index is 4.21. The number of hydrogen-bond acceptors (Lipinski definition) is 2. The second kappa shape index (κ2) is 7.02. The smallest absolute Gasteiger partial charge is 0.0410 e. The van der Waals surface area contributed by atoms with Crippen molar-refractivity contribution in [1.82, 2.24) is 10.3 Å². The van der Waals surface area contributed by atoms with Gasteiger partial charge in [-0.05, 0) is 58.9 Å². The van der Waals surface area contributed by atoms with Crippen molar-refractivity contribution in [3.8, 4) is 0 Å². The van der Waals surface area contributed by atoms with E-state index in [-0.39, 0.29) is 0 Å². The van der Waals surface area contributed by atoms with E-state index in [0.717, 1.165) is 24.0 Å². The number of hydrogen-bond donors (Lipinski definition) is 1. The number of halogens is 1. The van der Waals surface area contributed by atoms with E-state index in [1.165, 1.54) is 5.56 Å². The van der Waals surface area contributed by atoms with Gasteiger partial charge in [0.1, 0.15) is 0 Å². The molecular weight excluding hydrogens is 264 g/mol. The van der Waals surface area contributed by atoms with Gasteiger partial charge in [0.2, 0.25) is 0 Å². The molecule has 0 aliphatic heterocycles. The molecule has 90 valence electrons. The monoisotopic (exact) mass is 284 g/mol. The molecule has 1 aromatic heterocycles. The van der Waals surface area contributed by atoms with Gasteiger partial charge in [-0.2, -0.15) is 0 Å². The first-order valence-electron chi connectivity index (χ1n) is 5.93. The minimum Gasteiger partial charge on any atom is -0.317 e. The van der Waals surface area contributed by atoms with Gasteiger partial charge in [-0.25, -0.2) is 0 Å². The first-order chi connectivity index (χ1) is 7.63. The molecule has 1 atom stereocenters. The van der Waals surface area contributed by atoms with Gasteiger partial charge in [-0.15, -0.1) is 0 Å². The van der Waals surface area contributed by atoms with Crippen molar-refractivity contribution >= 4 is 15.9 Å². The van der Waals surface area contributed by atoms with Crippen LogP contribution in [-0.2, 0) is 6.42 Å². The SMILES string of the molecule is CCNCC(Cc1cncc(Br)c1)C(C)C. The van der Waals surface area contributed by atoms with E-state index in [4.69, 9.17) is 0 Å². The molecule has 0 spiro atoms. The minimum absolute atomic E-state index is 0.677. The quantitative estimate of drug-likeness (QED) is 0.867. The molecule has 16 heavy (non-hydrogen) atoms. The summed E-state index contributed by atoms with van der Waals surface area (Å²) in [4.78, 5) is 4.21. The fraction of sp³-hybridized carbons (Fsp3) is 0.615. The van der Waals surface area contributed by atoms with Crippen LogP contribution in [-0.4, -0.2) is 18.1 Å². The second-order valence-electron chi connectivity index (χ2n) is 4.53. The van der Waals surface area contributed by atoms with Gasteiger partial charge in [0, 0.05) is 16.9 Å². The van der Waals surface area contributed by atoms with Crippen LogP contribution < -0.4 is 5.32 Å². The molecule has 0 radical (unpaired) electrons. The lowest BCUT2D eigenvalue weighted by molar-refractivity contribution is 0.363. The maximum Gasteiger partial charge on any atom is 0.0410 e. The summed E-state index contributed by atoms with van der Waals surface area (Å²) in [6.45, 7) is 8.85. The third kappa shape index (κ3) is 4.62. The average molecular weight is 285 g/mol. The van der Waals surface area contributed by atoms with Gasteiger partial charge < -0.3 is 5.32 Å². The van der Waals surface area contributed by atoms with Crippen molar-refractivity contribution in [3.63, 3.8) is 0 Å². The summed E-state index contributed by atoms with van der Waals surface area (Å²) in [7, 11) is 0. The van der Waals surface area contributed by atoms with E-state index >= 15 is 0 Å². The zero-order valence-electron chi connectivity index (χ0n) is 10.3. The standard InChI is InChI=1S/C13H21BrN2/c1-4-15-8-12(10(2)3)5-11-6-13(14)9-16-7-11/h6-7,9-10,12,15H,4-5,8H2,1-3H3. The third-order valence-corrected chi connectivity index (χ3v) is 3.29. The van der Waals surface area contributed by atoms with Crippen LogP contribution in [0.15, 0.2) is 22.9 Å². The lowest BCUT2D eigenvalue weighted by Gasteiger charge is -2.21. The first-order valence-corrected chi connectivity index (χ1v) is 6.73. The fourth-order valence-corrected chi connectivity index (χ4v) is 2.16. The topological polar surface area (TPSA) is 24.9 Å². The molecule has 3 heteroatoms. The van der Waals surface area contributed by atoms with Crippen molar-refractivity contribution in [1.29, 1.82) is 0 Å². The van der Waals surface area contributed by atoms with E-state index in [1.807, 2.05) is 12.4 Å². The van der Waals surface area contributed by atoms with Crippen molar-refractivity contribution in [2.24, 2.45) is 11.8 Å². The third-order valence-electron chi connectivity index (χ3n) is 2.86. The number of rotatable bonds is 6. The van der Waals surface area contributed by atoms with Gasteiger partial charge >= 0.3 is 0 Å². The van der Waals surface area contributed by atoms with Crippen molar-refractivity contribution in [2.75, 3.05) is 13.1 Å². The Morgan fingerprint density at radius 2 is 2.12 bits per heavy atom. The maximum atomic E-state index is 4.21. The summed E-state index contributed by atoms with van der Waals surface area (Å²) >= 11 is 3.46. The van der Waals surface area contributed by atoms with E-state index in [9.17, 15) is 0 Å². The Hall–Kier alpha value is -0.410. The molecule has 2 nitrogen and oxygen atoms in total. The van der Waals surface area contributed by atoms with Crippen LogP contribution in [0.4, 0.5) is 0 Å². The summed E-state index contributed by atoms with van der Waals surface area (Å²) in [5.74, 6) is 1.37. The molecule has 1 rings (SSSR count). The Labute approximate surface area is 107 Å². The summed E-state index contributed by atoms with van der Waals surface area (Å²) in [6.07, 6.45) is 4.89. The van der Waals surface area contributed by atoms with Crippen LogP contribution in [0.5, 0.6) is 0 Å². The van der Waals surface area contributed by atoms with Crippen LogP contribution >= 0.6 is 15.9 Å². The van der Waals surface area contributed by atoms with Crippen LogP contribution in [0, 0.1) is 11.8 Å². The molecule has 1 heterocycles. The molecule has 0 bridgehead atoms. The summed E-state index contributed by atoms with van der Waals surface area (Å²) in [5, 5.41) is 3.43. The molecule has 0 saturated carbocycles. The summed E-state index contributed by atoms with van der Waals surface area (Å²) in [5.41, 5.74) is 1.31. The highest BCUT2D eigenvalue weighted by Gasteiger charge is 2.13. The fourth-order valence-electron chi connectivity index (χ4n) is 1.74. The second-order valence-corrected chi connectivity index (χ2v) is 5.44. The van der Waals surface area contributed by atoms with Crippen molar-refractivity contribution < 1.29 is 0 Å². The van der Waals surface area contributed by atoms with Crippen LogP contribution in [0.25, 0.3) is 0 Å². The van der Waals surface area contributed by atoms with Crippen LogP contribution in [0.1, 0.15) is 26.3 Å². The number of nitrogens with one attached hydrogen (secondary N) is 1. The minimum atomic E-state index is 0.677. The molecule has 0 aromatic carbocycles. The van der Waals surface area contributed by atoms with Crippen LogP contribution in [0.2, 0.25) is 0 Å². The molecule has 1 unspecified atom stereocenters. The largest absolute Gasteiger partial charge is 0.317 e. The predicted octanol–water partition coefficient (Wildman–Crippen LogP) is 3.27. The Kier molecular flexibility index (Phi) is 5.99. The molecule has 1 N–H and O–H groups in total. The lowest BCUT2D eigenvalue weighted by atomic mass is 9.89. The normalized spacial score (nSPS) is 13.1. The number of aromatic nitrogens is 1. The van der Waals surface area contributed by atoms with E-state index in [2.05, 4.69) is 53.1 Å². The highest BCUT2D eigenvalue weighted by atomic mass is 79.9. The summed E-state index contributed by atoms with van der Waals surface area (Å²) in [6, 6.07) is 2.16. The Morgan fingerprint density at radius 3 is 2.69 bits per heavy atom. The Bertz CT molecular complexity index is 313. The van der Waals surface area contributed by atoms with Gasteiger partial charge in [0.25, 0.3) is 0 Å². The highest BCUT2D eigenvalue weighted by molar-refractivity contribution is 9.10. The molecular formula is C13H21BrN2. The first kappa shape index (κ1) is 13.7. The zero-order valence-corrected chi connectivity index (χ0v) is 11.9. The van der Waals surface area contributed by atoms with E-state index < -0.39 is 0 Å². The van der Waals surface area contributed by atoms with Gasteiger partial charge in [0.15, 0.2) is 0 Å². The number of nitrogens with zero attached hydrogens (tertiary/aromatic N) is 1. The van der Waals surface area contributed by atoms with Gasteiger partial charge in [-0.3, -0.25) is 4.98 Å². The molecule has 0 amide bonds. The van der Waals surface area contributed by atoms with E-state index in [1.54, 1.807) is 0 Å². The van der Waals surface area contributed by atoms with Crippen molar-refractivity contribution in [3.05, 3.63) is 28.5 Å². The van der Waals surface area contributed by atoms with Crippen molar-refractivity contribution in [2.45, 2.75) is 27.2 Å². The highest BCUT2D eigenvalue weighted by Crippen LogP contribution is 2.18. The average Bonchev–Trinajstić information content (AvgIpc) is 2.24. The summed E-state index contributed by atoms with van der Waals surface area (Å²) < 4.78 is 1.07. The molecule has 0 aliphatic carbocycles. The Morgan fingerprint density at radius 1 is 1.38 bits per heavy atom. The lowest BCUT2D eigenvalue weighted by Crippen LogP contribution is -2.27. The zero-order chi connectivity index (χ0) is 12.0. The van der Waals surface area contributed by atoms with E-state index in [0.29, 0.717) is 11.8 Å². The molecule has 1 aromatic rings. The van der Waals surface area contributed by atoms with Crippen LogP contribution in [0.3, 0.4) is 0 Å². The van der Waals surface area contributed by atoms with Gasteiger partial charge in [0.05, 0.1) is 0 Å². The molecule has 0 aliphatic rings. The van der Waals surface area contributed by atoms with Gasteiger partial charge in [-0.1, -0.05) is 20.8 Å². The predicted molar refractivity (Wildman–Crippen MR) is 72.5 cm³/mol. The molecule has 0 saturated heterocycles. The number of pyridine rings is 1. The Balaban J connectivity index is 2.60.